The summed E-state index contributed by atoms with van der Waals surface area (Å²) in [7, 11) is 0. The minimum atomic E-state index is -0.793. The fraction of sp³-hybridized carbons (Fsp3) is 0. The molecule has 0 aliphatic rings. The van der Waals surface area contributed by atoms with E-state index in [1.54, 1.807) is 0 Å². The second kappa shape index (κ2) is 6.42. The van der Waals surface area contributed by atoms with Crippen LogP contribution in [0.4, 0.5) is 5.82 Å². The lowest BCUT2D eigenvalue weighted by atomic mass is 10.4. The molecule has 0 radical (unpaired) electrons. The fourth-order valence-electron chi connectivity index (χ4n) is 1.40. The van der Waals surface area contributed by atoms with Gasteiger partial charge >= 0.3 is 5.91 Å². The summed E-state index contributed by atoms with van der Waals surface area (Å²) in [5.41, 5.74) is 15.8. The molecule has 1 aromatic heterocycles. The molecule has 0 bridgehead atoms. The number of amides is 1. The van der Waals surface area contributed by atoms with Crippen molar-refractivity contribution in [3.63, 3.8) is 0 Å². The number of benzene rings is 1. The minimum Gasteiger partial charge on any atom is -0.382 e. The third-order valence-electron chi connectivity index (χ3n) is 2.24. The second-order valence-corrected chi connectivity index (χ2v) is 5.23. The Hall–Kier alpha value is -2.32. The van der Waals surface area contributed by atoms with Gasteiger partial charge in [-0.1, -0.05) is 41.6 Å². The van der Waals surface area contributed by atoms with Gasteiger partial charge in [0, 0.05) is 4.90 Å². The van der Waals surface area contributed by atoms with Crippen molar-refractivity contribution in [2.24, 2.45) is 16.5 Å². The Labute approximate surface area is 129 Å². The molecule has 0 spiro atoms. The SMILES string of the molecule is NC(N)=NC(=O)c1nc(Cl)c(Sc2ccccc2)nc1N. The number of carbonyl (C=O) groups excluding carboxylic acids is 1. The van der Waals surface area contributed by atoms with Gasteiger partial charge in [-0.2, -0.15) is 4.99 Å². The van der Waals surface area contributed by atoms with Gasteiger partial charge in [-0.15, -0.1) is 0 Å². The highest BCUT2D eigenvalue weighted by Crippen LogP contribution is 2.31. The van der Waals surface area contributed by atoms with E-state index in [-0.39, 0.29) is 22.6 Å². The van der Waals surface area contributed by atoms with Crippen LogP contribution in [0.2, 0.25) is 5.15 Å². The van der Waals surface area contributed by atoms with Gasteiger partial charge in [-0.25, -0.2) is 9.97 Å². The van der Waals surface area contributed by atoms with Crippen LogP contribution in [0, 0.1) is 0 Å². The zero-order chi connectivity index (χ0) is 15.4. The first-order chi connectivity index (χ1) is 9.97. The van der Waals surface area contributed by atoms with E-state index in [4.69, 9.17) is 28.8 Å². The zero-order valence-corrected chi connectivity index (χ0v) is 12.2. The molecule has 0 saturated heterocycles. The lowest BCUT2D eigenvalue weighted by molar-refractivity contribution is 0.0998. The number of nitrogens with two attached hydrogens (primary N) is 3. The number of aromatic nitrogens is 2. The summed E-state index contributed by atoms with van der Waals surface area (Å²) in [5, 5.41) is 0.439. The van der Waals surface area contributed by atoms with Gasteiger partial charge in [0.05, 0.1) is 0 Å². The highest BCUT2D eigenvalue weighted by atomic mass is 35.5. The smallest absolute Gasteiger partial charge is 0.302 e. The molecule has 0 unspecified atom stereocenters. The third kappa shape index (κ3) is 3.83. The van der Waals surface area contributed by atoms with Gasteiger partial charge in [0.25, 0.3) is 0 Å². The highest BCUT2D eigenvalue weighted by Gasteiger charge is 2.17. The number of carbonyl (C=O) groups is 1. The molecule has 2 aromatic rings. The first-order valence-electron chi connectivity index (χ1n) is 5.67. The molecule has 0 aliphatic heterocycles. The number of aliphatic imine (C=N–C) groups is 1. The largest absolute Gasteiger partial charge is 0.382 e. The van der Waals surface area contributed by atoms with E-state index in [1.807, 2.05) is 30.3 Å². The Morgan fingerprint density at radius 2 is 1.86 bits per heavy atom. The van der Waals surface area contributed by atoms with Gasteiger partial charge in [0.1, 0.15) is 5.03 Å². The molecule has 2 rings (SSSR count). The summed E-state index contributed by atoms with van der Waals surface area (Å²) < 4.78 is 0. The molecule has 1 amide bonds. The lowest BCUT2D eigenvalue weighted by Crippen LogP contribution is -2.24. The number of halogens is 1. The Morgan fingerprint density at radius 1 is 1.19 bits per heavy atom. The first-order valence-corrected chi connectivity index (χ1v) is 6.86. The van der Waals surface area contributed by atoms with E-state index in [2.05, 4.69) is 15.0 Å². The molecule has 1 heterocycles. The molecule has 0 aliphatic carbocycles. The van der Waals surface area contributed by atoms with Crippen molar-refractivity contribution in [2.45, 2.75) is 9.92 Å². The average Bonchev–Trinajstić information content (AvgIpc) is 2.42. The van der Waals surface area contributed by atoms with Crippen LogP contribution < -0.4 is 17.2 Å². The number of guanidine groups is 1. The van der Waals surface area contributed by atoms with Gasteiger partial charge in [-0.05, 0) is 12.1 Å². The number of rotatable bonds is 3. The van der Waals surface area contributed by atoms with Crippen molar-refractivity contribution in [3.8, 4) is 0 Å². The first kappa shape index (κ1) is 15.1. The van der Waals surface area contributed by atoms with Crippen molar-refractivity contribution in [2.75, 3.05) is 5.73 Å². The van der Waals surface area contributed by atoms with E-state index in [9.17, 15) is 4.79 Å². The maximum atomic E-state index is 11.7. The number of hydrogen-bond acceptors (Lipinski definition) is 5. The van der Waals surface area contributed by atoms with Gasteiger partial charge < -0.3 is 17.2 Å². The molecule has 21 heavy (non-hydrogen) atoms. The maximum absolute atomic E-state index is 11.7. The Bertz CT molecular complexity index is 702. The van der Waals surface area contributed by atoms with Gasteiger partial charge in [-0.3, -0.25) is 4.79 Å². The molecule has 0 fully saturated rings. The van der Waals surface area contributed by atoms with Crippen LogP contribution in [0.3, 0.4) is 0 Å². The minimum absolute atomic E-state index is 0.0483. The molecular formula is C12H11ClN6OS. The summed E-state index contributed by atoms with van der Waals surface area (Å²) in [6.45, 7) is 0. The molecule has 7 nitrogen and oxygen atoms in total. The number of hydrogen-bond donors (Lipinski definition) is 3. The summed E-state index contributed by atoms with van der Waals surface area (Å²) in [4.78, 5) is 23.9. The lowest BCUT2D eigenvalue weighted by Gasteiger charge is -2.06. The highest BCUT2D eigenvalue weighted by molar-refractivity contribution is 7.99. The van der Waals surface area contributed by atoms with E-state index < -0.39 is 5.91 Å². The number of anilines is 1. The summed E-state index contributed by atoms with van der Waals surface area (Å²) in [6.07, 6.45) is 0. The molecule has 6 N–H and O–H groups in total. The van der Waals surface area contributed by atoms with Crippen molar-refractivity contribution in [1.82, 2.24) is 9.97 Å². The van der Waals surface area contributed by atoms with Gasteiger partial charge in [0.2, 0.25) is 0 Å². The summed E-state index contributed by atoms with van der Waals surface area (Å²) in [6, 6.07) is 9.42. The van der Waals surface area contributed by atoms with E-state index in [0.717, 1.165) is 4.90 Å². The van der Waals surface area contributed by atoms with Crippen LogP contribution >= 0.6 is 23.4 Å². The van der Waals surface area contributed by atoms with Crippen molar-refractivity contribution < 1.29 is 4.79 Å². The number of nitrogen functional groups attached to an aromatic ring is 1. The van der Waals surface area contributed by atoms with Crippen LogP contribution in [0.15, 0.2) is 45.2 Å². The quantitative estimate of drug-likeness (QED) is 0.572. The predicted molar refractivity (Wildman–Crippen MR) is 82.2 cm³/mol. The predicted octanol–water partition coefficient (Wildman–Crippen LogP) is 1.28. The van der Waals surface area contributed by atoms with Crippen LogP contribution in [0.5, 0.6) is 0 Å². The van der Waals surface area contributed by atoms with Crippen LogP contribution in [0.1, 0.15) is 10.5 Å². The van der Waals surface area contributed by atoms with Crippen LogP contribution in [-0.2, 0) is 0 Å². The molecule has 1 aromatic carbocycles. The summed E-state index contributed by atoms with van der Waals surface area (Å²) >= 11 is 7.30. The van der Waals surface area contributed by atoms with E-state index in [1.165, 1.54) is 11.8 Å². The van der Waals surface area contributed by atoms with E-state index in [0.29, 0.717) is 5.03 Å². The van der Waals surface area contributed by atoms with Gasteiger partial charge in [0.15, 0.2) is 22.6 Å². The molecule has 0 saturated carbocycles. The topological polar surface area (TPSA) is 133 Å². The van der Waals surface area contributed by atoms with Crippen molar-refractivity contribution >= 4 is 41.0 Å². The van der Waals surface area contributed by atoms with Crippen molar-refractivity contribution in [1.29, 1.82) is 0 Å². The Morgan fingerprint density at radius 3 is 2.48 bits per heavy atom. The normalized spacial score (nSPS) is 10.1. The molecule has 0 atom stereocenters. The van der Waals surface area contributed by atoms with Crippen LogP contribution in [0.25, 0.3) is 0 Å². The third-order valence-corrected chi connectivity index (χ3v) is 3.60. The molecular weight excluding hydrogens is 312 g/mol. The molecule has 108 valence electrons. The Balaban J connectivity index is 2.33. The average molecular weight is 323 g/mol. The summed E-state index contributed by atoms with van der Waals surface area (Å²) in [5.74, 6) is -1.27. The fourth-order valence-corrected chi connectivity index (χ4v) is 2.44. The standard InChI is InChI=1S/C12H11ClN6OS/c13-8-11(21-6-4-2-1-3-5-6)18-9(14)7(17-8)10(20)19-12(15)16/h1-5H,(H2,14,18)(H4,15,16,19,20). The number of nitrogens with zero attached hydrogens (tertiary/aromatic N) is 3. The van der Waals surface area contributed by atoms with Crippen molar-refractivity contribution in [3.05, 3.63) is 41.2 Å². The second-order valence-electron chi connectivity index (χ2n) is 3.81. The Kier molecular flexibility index (Phi) is 4.61. The monoisotopic (exact) mass is 322 g/mol. The molecule has 9 heteroatoms. The van der Waals surface area contributed by atoms with Crippen LogP contribution in [-0.4, -0.2) is 21.8 Å². The maximum Gasteiger partial charge on any atom is 0.302 e. The zero-order valence-electron chi connectivity index (χ0n) is 10.7. The van der Waals surface area contributed by atoms with E-state index >= 15 is 0 Å².